The van der Waals surface area contributed by atoms with Gasteiger partial charge in [0.05, 0.1) is 12.2 Å². The van der Waals surface area contributed by atoms with Gasteiger partial charge in [0.15, 0.2) is 0 Å². The van der Waals surface area contributed by atoms with Crippen LogP contribution in [0.4, 0.5) is 0 Å². The molecule has 0 spiro atoms. The molecule has 0 bridgehead atoms. The highest BCUT2D eigenvalue weighted by Crippen LogP contribution is 2.34. The summed E-state index contributed by atoms with van der Waals surface area (Å²) in [7, 11) is 2.21. The fourth-order valence-corrected chi connectivity index (χ4v) is 3.16. The second kappa shape index (κ2) is 5.25. The second-order valence-corrected chi connectivity index (χ2v) is 7.01. The van der Waals surface area contributed by atoms with Crippen LogP contribution >= 0.6 is 0 Å². The number of hydrogen-bond donors (Lipinski definition) is 1. The molecule has 0 radical (unpaired) electrons. The predicted molar refractivity (Wildman–Crippen MR) is 73.1 cm³/mol. The van der Waals surface area contributed by atoms with Crippen molar-refractivity contribution < 1.29 is 4.74 Å². The van der Waals surface area contributed by atoms with Crippen LogP contribution in [-0.2, 0) is 4.74 Å². The summed E-state index contributed by atoms with van der Waals surface area (Å²) in [5.41, 5.74) is 6.51. The Kier molecular flexibility index (Phi) is 4.61. The largest absolute Gasteiger partial charge is 0.375 e. The van der Waals surface area contributed by atoms with Crippen LogP contribution in [0.1, 0.15) is 47.5 Å². The van der Waals surface area contributed by atoms with Crippen LogP contribution in [0.5, 0.6) is 0 Å². The van der Waals surface area contributed by atoms with Gasteiger partial charge in [-0.05, 0) is 39.2 Å². The summed E-state index contributed by atoms with van der Waals surface area (Å²) in [6, 6.07) is 0. The first-order valence-electron chi connectivity index (χ1n) is 6.75. The standard InChI is InChI=1S/C14H30N2O/c1-11-7-14(9-15,8-12(2)17-11)16(6)10-13(3,4)5/h11-12H,7-10,15H2,1-6H3. The van der Waals surface area contributed by atoms with E-state index in [0.717, 1.165) is 25.9 Å². The maximum Gasteiger partial charge on any atom is 0.0568 e. The van der Waals surface area contributed by atoms with Crippen LogP contribution in [0.15, 0.2) is 0 Å². The Bertz CT molecular complexity index is 237. The van der Waals surface area contributed by atoms with Crippen molar-refractivity contribution in [3.63, 3.8) is 0 Å². The molecule has 1 aliphatic rings. The molecule has 0 aromatic rings. The van der Waals surface area contributed by atoms with Gasteiger partial charge in [-0.15, -0.1) is 0 Å². The Labute approximate surface area is 107 Å². The molecule has 2 unspecified atom stereocenters. The maximum absolute atomic E-state index is 6.09. The lowest BCUT2D eigenvalue weighted by atomic mass is 9.81. The average Bonchev–Trinajstić information content (AvgIpc) is 2.13. The maximum atomic E-state index is 6.09. The zero-order valence-corrected chi connectivity index (χ0v) is 12.4. The highest BCUT2D eigenvalue weighted by Gasteiger charge is 2.41. The van der Waals surface area contributed by atoms with Crippen molar-refractivity contribution in [2.75, 3.05) is 20.1 Å². The third-order valence-corrected chi connectivity index (χ3v) is 3.70. The van der Waals surface area contributed by atoms with Crippen molar-refractivity contribution >= 4 is 0 Å². The number of ether oxygens (including phenoxy) is 1. The Morgan fingerprint density at radius 2 is 1.71 bits per heavy atom. The van der Waals surface area contributed by atoms with Crippen LogP contribution < -0.4 is 5.73 Å². The molecule has 3 heteroatoms. The monoisotopic (exact) mass is 242 g/mol. The first-order valence-corrected chi connectivity index (χ1v) is 6.75. The van der Waals surface area contributed by atoms with E-state index in [4.69, 9.17) is 10.5 Å². The smallest absolute Gasteiger partial charge is 0.0568 e. The van der Waals surface area contributed by atoms with E-state index in [0.29, 0.717) is 17.6 Å². The number of rotatable bonds is 3. The molecule has 0 amide bonds. The van der Waals surface area contributed by atoms with E-state index in [1.807, 2.05) is 0 Å². The number of likely N-dealkylation sites (N-methyl/N-ethyl adjacent to an activating group) is 1. The molecular formula is C14H30N2O. The molecule has 2 N–H and O–H groups in total. The van der Waals surface area contributed by atoms with Gasteiger partial charge in [-0.1, -0.05) is 20.8 Å². The highest BCUT2D eigenvalue weighted by atomic mass is 16.5. The van der Waals surface area contributed by atoms with E-state index in [1.54, 1.807) is 0 Å². The van der Waals surface area contributed by atoms with Gasteiger partial charge in [0.1, 0.15) is 0 Å². The quantitative estimate of drug-likeness (QED) is 0.825. The molecule has 17 heavy (non-hydrogen) atoms. The topological polar surface area (TPSA) is 38.5 Å². The van der Waals surface area contributed by atoms with E-state index < -0.39 is 0 Å². The van der Waals surface area contributed by atoms with Gasteiger partial charge >= 0.3 is 0 Å². The van der Waals surface area contributed by atoms with E-state index in [2.05, 4.69) is 46.6 Å². The minimum atomic E-state index is 0.115. The lowest BCUT2D eigenvalue weighted by molar-refractivity contribution is -0.102. The molecule has 1 fully saturated rings. The van der Waals surface area contributed by atoms with Gasteiger partial charge in [0, 0.05) is 18.6 Å². The molecule has 2 atom stereocenters. The molecule has 1 saturated heterocycles. The minimum absolute atomic E-state index is 0.115. The van der Waals surface area contributed by atoms with Crippen molar-refractivity contribution in [2.45, 2.75) is 65.2 Å². The van der Waals surface area contributed by atoms with Crippen molar-refractivity contribution in [1.29, 1.82) is 0 Å². The molecule has 1 rings (SSSR count). The van der Waals surface area contributed by atoms with Gasteiger partial charge in [0.2, 0.25) is 0 Å². The Hall–Kier alpha value is -0.120. The summed E-state index contributed by atoms with van der Waals surface area (Å²) in [6.07, 6.45) is 2.70. The first kappa shape index (κ1) is 14.9. The van der Waals surface area contributed by atoms with Crippen molar-refractivity contribution in [2.24, 2.45) is 11.1 Å². The molecule has 102 valence electrons. The van der Waals surface area contributed by atoms with Gasteiger partial charge in [-0.3, -0.25) is 4.90 Å². The van der Waals surface area contributed by atoms with Gasteiger partial charge < -0.3 is 10.5 Å². The minimum Gasteiger partial charge on any atom is -0.375 e. The van der Waals surface area contributed by atoms with Gasteiger partial charge in [0.25, 0.3) is 0 Å². The SMILES string of the molecule is CC1CC(CN)(N(C)CC(C)(C)C)CC(C)O1. The van der Waals surface area contributed by atoms with Crippen LogP contribution in [0.25, 0.3) is 0 Å². The molecule has 1 aliphatic heterocycles. The van der Waals surface area contributed by atoms with E-state index >= 15 is 0 Å². The fourth-order valence-electron chi connectivity index (χ4n) is 3.16. The van der Waals surface area contributed by atoms with Gasteiger partial charge in [-0.25, -0.2) is 0 Å². The highest BCUT2D eigenvalue weighted by molar-refractivity contribution is 4.97. The predicted octanol–water partition coefficient (Wildman–Crippen LogP) is 2.25. The third-order valence-electron chi connectivity index (χ3n) is 3.70. The van der Waals surface area contributed by atoms with Crippen LogP contribution in [0.2, 0.25) is 0 Å². The van der Waals surface area contributed by atoms with Crippen LogP contribution in [0.3, 0.4) is 0 Å². The Morgan fingerprint density at radius 3 is 2.06 bits per heavy atom. The van der Waals surface area contributed by atoms with Crippen molar-refractivity contribution in [1.82, 2.24) is 4.90 Å². The molecule has 0 aliphatic carbocycles. The molecule has 0 saturated carbocycles. The third kappa shape index (κ3) is 3.94. The normalized spacial score (nSPS) is 35.3. The van der Waals surface area contributed by atoms with E-state index in [1.165, 1.54) is 0 Å². The summed E-state index contributed by atoms with van der Waals surface area (Å²) in [6.45, 7) is 12.9. The zero-order valence-electron chi connectivity index (χ0n) is 12.4. The Balaban J connectivity index is 2.79. The fraction of sp³-hybridized carbons (Fsp3) is 1.00. The molecule has 0 aromatic heterocycles. The molecule has 3 nitrogen and oxygen atoms in total. The van der Waals surface area contributed by atoms with Crippen LogP contribution in [-0.4, -0.2) is 42.8 Å². The first-order chi connectivity index (χ1) is 7.68. The molecular weight excluding hydrogens is 212 g/mol. The number of nitrogens with zero attached hydrogens (tertiary/aromatic N) is 1. The number of nitrogens with two attached hydrogens (primary N) is 1. The molecule has 1 heterocycles. The average molecular weight is 242 g/mol. The zero-order chi connectivity index (χ0) is 13.3. The van der Waals surface area contributed by atoms with Crippen molar-refractivity contribution in [3.05, 3.63) is 0 Å². The van der Waals surface area contributed by atoms with Gasteiger partial charge in [-0.2, -0.15) is 0 Å². The number of hydrogen-bond acceptors (Lipinski definition) is 3. The lowest BCUT2D eigenvalue weighted by Crippen LogP contribution is -2.59. The van der Waals surface area contributed by atoms with E-state index in [9.17, 15) is 0 Å². The summed E-state index contributed by atoms with van der Waals surface area (Å²) in [4.78, 5) is 2.46. The molecule has 0 aromatic carbocycles. The van der Waals surface area contributed by atoms with Crippen molar-refractivity contribution in [3.8, 4) is 0 Å². The Morgan fingerprint density at radius 1 is 1.24 bits per heavy atom. The summed E-state index contributed by atoms with van der Waals surface area (Å²) in [5, 5.41) is 0. The van der Waals surface area contributed by atoms with E-state index in [-0.39, 0.29) is 5.54 Å². The van der Waals surface area contributed by atoms with Crippen LogP contribution in [0, 0.1) is 5.41 Å². The lowest BCUT2D eigenvalue weighted by Gasteiger charge is -2.49. The summed E-state index contributed by atoms with van der Waals surface area (Å²) in [5.74, 6) is 0. The summed E-state index contributed by atoms with van der Waals surface area (Å²) < 4.78 is 5.84. The summed E-state index contributed by atoms with van der Waals surface area (Å²) >= 11 is 0. The second-order valence-electron chi connectivity index (χ2n) is 7.01.